The van der Waals surface area contributed by atoms with Gasteiger partial charge in [0.05, 0.1) is 17.8 Å². The van der Waals surface area contributed by atoms with Gasteiger partial charge >= 0.3 is 29.6 Å². The predicted octanol–water partition coefficient (Wildman–Crippen LogP) is -3.12. The first-order chi connectivity index (χ1) is 8.32. The number of sulfonamides is 1. The molecule has 0 aliphatic heterocycles. The van der Waals surface area contributed by atoms with Crippen LogP contribution in [-0.4, -0.2) is 20.4 Å². The Morgan fingerprint density at radius 2 is 1.79 bits per heavy atom. The fourth-order valence-electron chi connectivity index (χ4n) is 1.49. The third-order valence-corrected chi connectivity index (χ3v) is 3.75. The molecule has 7 heteroatoms. The minimum absolute atomic E-state index is 0. The molecule has 0 saturated carbocycles. The van der Waals surface area contributed by atoms with Gasteiger partial charge in [-0.05, 0) is 11.5 Å². The maximum Gasteiger partial charge on any atom is 1.00 e. The van der Waals surface area contributed by atoms with Crippen LogP contribution in [0, 0.1) is 5.92 Å². The SMILES string of the molecule is CC(C)[C@H](NS(=O)(=O)Cc1ccccc1)C(=O)[O-].[Na+]. The van der Waals surface area contributed by atoms with Crippen molar-refractivity contribution in [2.24, 2.45) is 5.92 Å². The van der Waals surface area contributed by atoms with Gasteiger partial charge < -0.3 is 9.90 Å². The number of carbonyl (C=O) groups is 1. The van der Waals surface area contributed by atoms with Crippen molar-refractivity contribution in [1.82, 2.24) is 4.72 Å². The van der Waals surface area contributed by atoms with Crippen molar-refractivity contribution in [3.05, 3.63) is 35.9 Å². The molecule has 0 saturated heterocycles. The smallest absolute Gasteiger partial charge is 0.548 e. The van der Waals surface area contributed by atoms with Crippen LogP contribution in [0.15, 0.2) is 30.3 Å². The van der Waals surface area contributed by atoms with Crippen molar-refractivity contribution >= 4 is 16.0 Å². The zero-order valence-corrected chi connectivity index (χ0v) is 14.1. The summed E-state index contributed by atoms with van der Waals surface area (Å²) in [6.45, 7) is 3.23. The molecule has 0 aromatic heterocycles. The van der Waals surface area contributed by atoms with Gasteiger partial charge in [-0.3, -0.25) is 0 Å². The van der Waals surface area contributed by atoms with Crippen LogP contribution in [0.2, 0.25) is 0 Å². The number of carboxylic acid groups (broad SMARTS) is 1. The number of aliphatic carboxylic acids is 1. The van der Waals surface area contributed by atoms with E-state index in [0.717, 1.165) is 0 Å². The molecule has 0 bridgehead atoms. The predicted molar refractivity (Wildman–Crippen MR) is 65.8 cm³/mol. The summed E-state index contributed by atoms with van der Waals surface area (Å²) in [4.78, 5) is 10.8. The van der Waals surface area contributed by atoms with E-state index in [2.05, 4.69) is 4.72 Å². The molecular formula is C12H16NNaO4S. The van der Waals surface area contributed by atoms with Gasteiger partial charge in [0.2, 0.25) is 10.0 Å². The summed E-state index contributed by atoms with van der Waals surface area (Å²) in [5.41, 5.74) is 0.603. The Balaban J connectivity index is 0.00000324. The van der Waals surface area contributed by atoms with Crippen LogP contribution >= 0.6 is 0 Å². The van der Waals surface area contributed by atoms with Crippen LogP contribution < -0.4 is 39.4 Å². The standard InChI is InChI=1S/C12H17NO4S.Na/c1-9(2)11(12(14)15)13-18(16,17)8-10-6-4-3-5-7-10;/h3-7,9,11,13H,8H2,1-2H3,(H,14,15);/q;+1/p-1/t11-;/m0./s1. The van der Waals surface area contributed by atoms with E-state index in [1.807, 2.05) is 0 Å². The van der Waals surface area contributed by atoms with E-state index < -0.39 is 22.0 Å². The quantitative estimate of drug-likeness (QED) is 0.562. The molecule has 1 atom stereocenters. The number of nitrogens with one attached hydrogen (secondary N) is 1. The van der Waals surface area contributed by atoms with Crippen LogP contribution in [0.1, 0.15) is 19.4 Å². The summed E-state index contributed by atoms with van der Waals surface area (Å²) in [7, 11) is -3.69. The average Bonchev–Trinajstić information content (AvgIpc) is 2.26. The van der Waals surface area contributed by atoms with E-state index in [1.165, 1.54) is 0 Å². The van der Waals surface area contributed by atoms with E-state index >= 15 is 0 Å². The second kappa shape index (κ2) is 8.01. The number of carboxylic acids is 1. The molecule has 1 aromatic carbocycles. The number of hydrogen-bond donors (Lipinski definition) is 1. The maximum atomic E-state index is 11.8. The first-order valence-corrected chi connectivity index (χ1v) is 7.22. The number of hydrogen-bond acceptors (Lipinski definition) is 4. The van der Waals surface area contributed by atoms with Gasteiger partial charge in [0.1, 0.15) is 0 Å². The second-order valence-corrected chi connectivity index (χ2v) is 6.16. The van der Waals surface area contributed by atoms with E-state index in [-0.39, 0.29) is 41.2 Å². The van der Waals surface area contributed by atoms with Crippen LogP contribution in [0.5, 0.6) is 0 Å². The van der Waals surface area contributed by atoms with Crippen LogP contribution in [0.25, 0.3) is 0 Å². The molecule has 1 N–H and O–H groups in total. The van der Waals surface area contributed by atoms with Crippen molar-refractivity contribution in [2.75, 3.05) is 0 Å². The van der Waals surface area contributed by atoms with E-state index in [0.29, 0.717) is 5.56 Å². The summed E-state index contributed by atoms with van der Waals surface area (Å²) in [6, 6.07) is 7.36. The third-order valence-electron chi connectivity index (χ3n) is 2.43. The minimum Gasteiger partial charge on any atom is -0.548 e. The normalized spacial score (nSPS) is 12.8. The summed E-state index contributed by atoms with van der Waals surface area (Å²) in [5, 5.41) is 10.8. The largest absolute Gasteiger partial charge is 1.00 e. The Kier molecular flexibility index (Phi) is 7.85. The van der Waals surface area contributed by atoms with Gasteiger partial charge in [-0.25, -0.2) is 13.1 Å². The fourth-order valence-corrected chi connectivity index (χ4v) is 2.96. The molecule has 0 aliphatic rings. The molecule has 0 unspecified atom stereocenters. The van der Waals surface area contributed by atoms with Crippen LogP contribution in [0.4, 0.5) is 0 Å². The van der Waals surface area contributed by atoms with Crippen molar-refractivity contribution in [3.63, 3.8) is 0 Å². The second-order valence-electron chi connectivity index (χ2n) is 4.40. The summed E-state index contributed by atoms with van der Waals surface area (Å²) < 4.78 is 25.8. The maximum absolute atomic E-state index is 11.8. The van der Waals surface area contributed by atoms with Gasteiger partial charge in [-0.15, -0.1) is 0 Å². The number of carbonyl (C=O) groups excluding carboxylic acids is 1. The van der Waals surface area contributed by atoms with Crippen molar-refractivity contribution in [1.29, 1.82) is 0 Å². The molecule has 1 rings (SSSR count). The van der Waals surface area contributed by atoms with Crippen LogP contribution in [-0.2, 0) is 20.6 Å². The van der Waals surface area contributed by atoms with E-state index in [4.69, 9.17) is 0 Å². The average molecular weight is 293 g/mol. The Labute approximate surface area is 135 Å². The molecule has 5 nitrogen and oxygen atoms in total. The molecule has 100 valence electrons. The Morgan fingerprint density at radius 1 is 1.26 bits per heavy atom. The Bertz CT molecular complexity index is 502. The monoisotopic (exact) mass is 293 g/mol. The summed E-state index contributed by atoms with van der Waals surface area (Å²) in [6.07, 6.45) is 0. The molecule has 0 spiro atoms. The summed E-state index contributed by atoms with van der Waals surface area (Å²) in [5.74, 6) is -2.04. The molecule has 0 fully saturated rings. The molecule has 0 amide bonds. The van der Waals surface area contributed by atoms with Crippen molar-refractivity contribution in [3.8, 4) is 0 Å². The minimum atomic E-state index is -3.69. The molecule has 0 aliphatic carbocycles. The van der Waals surface area contributed by atoms with Crippen molar-refractivity contribution in [2.45, 2.75) is 25.6 Å². The number of rotatable bonds is 6. The molecule has 0 radical (unpaired) electrons. The molecule has 0 heterocycles. The molecule has 1 aromatic rings. The van der Waals surface area contributed by atoms with Gasteiger partial charge in [0.15, 0.2) is 0 Å². The van der Waals surface area contributed by atoms with E-state index in [9.17, 15) is 18.3 Å². The summed E-state index contributed by atoms with van der Waals surface area (Å²) >= 11 is 0. The Hall–Kier alpha value is -0.400. The first kappa shape index (κ1) is 18.6. The zero-order chi connectivity index (χ0) is 13.8. The topological polar surface area (TPSA) is 86.3 Å². The fraction of sp³-hybridized carbons (Fsp3) is 0.417. The first-order valence-electron chi connectivity index (χ1n) is 5.56. The third kappa shape index (κ3) is 6.54. The van der Waals surface area contributed by atoms with Gasteiger partial charge in [-0.1, -0.05) is 44.2 Å². The van der Waals surface area contributed by atoms with Crippen molar-refractivity contribution < 1.29 is 47.9 Å². The Morgan fingerprint density at radius 3 is 2.21 bits per heavy atom. The van der Waals surface area contributed by atoms with E-state index in [1.54, 1.807) is 44.2 Å². The zero-order valence-electron chi connectivity index (χ0n) is 11.3. The van der Waals surface area contributed by atoms with Gasteiger partial charge in [-0.2, -0.15) is 0 Å². The number of benzene rings is 1. The molecule has 19 heavy (non-hydrogen) atoms. The molecular weight excluding hydrogens is 277 g/mol. The van der Waals surface area contributed by atoms with Gasteiger partial charge in [0, 0.05) is 0 Å². The van der Waals surface area contributed by atoms with Gasteiger partial charge in [0.25, 0.3) is 0 Å². The van der Waals surface area contributed by atoms with Crippen LogP contribution in [0.3, 0.4) is 0 Å².